The second-order valence-electron chi connectivity index (χ2n) is 10.1. The van der Waals surface area contributed by atoms with Gasteiger partial charge in [0.25, 0.3) is 5.22 Å². The summed E-state index contributed by atoms with van der Waals surface area (Å²) in [6.45, 7) is 0.620. The summed E-state index contributed by atoms with van der Waals surface area (Å²) in [6, 6.07) is 11.5. The lowest BCUT2D eigenvalue weighted by Crippen LogP contribution is -2.61. The lowest BCUT2D eigenvalue weighted by atomic mass is 9.52. The summed E-state index contributed by atoms with van der Waals surface area (Å²) in [5, 5.41) is 9.42. The fourth-order valence-corrected chi connectivity index (χ4v) is 7.53. The van der Waals surface area contributed by atoms with E-state index in [2.05, 4.69) is 20.1 Å². The molecule has 8 heteroatoms. The summed E-state index contributed by atoms with van der Waals surface area (Å²) >= 11 is 7.44. The molecule has 1 amide bonds. The van der Waals surface area contributed by atoms with Crippen molar-refractivity contribution in [1.29, 1.82) is 0 Å². The lowest BCUT2D eigenvalue weighted by Gasteiger charge is -2.60. The van der Waals surface area contributed by atoms with Crippen molar-refractivity contribution in [3.8, 4) is 11.5 Å². The zero-order valence-corrected chi connectivity index (χ0v) is 20.5. The van der Waals surface area contributed by atoms with Gasteiger partial charge in [-0.15, -0.1) is 10.2 Å². The van der Waals surface area contributed by atoms with Crippen LogP contribution in [0.5, 0.6) is 0 Å². The van der Waals surface area contributed by atoms with Gasteiger partial charge >= 0.3 is 0 Å². The molecule has 0 spiro atoms. The molecule has 6 nitrogen and oxygen atoms in total. The van der Waals surface area contributed by atoms with E-state index in [0.29, 0.717) is 22.7 Å². The highest BCUT2D eigenvalue weighted by molar-refractivity contribution is 7.99. The van der Waals surface area contributed by atoms with Gasteiger partial charge in [0.2, 0.25) is 11.8 Å². The minimum absolute atomic E-state index is 0.0247. The van der Waals surface area contributed by atoms with Crippen LogP contribution in [-0.4, -0.2) is 37.3 Å². The molecule has 3 aromatic rings. The summed E-state index contributed by atoms with van der Waals surface area (Å²) in [7, 11) is 0. The van der Waals surface area contributed by atoms with Gasteiger partial charge in [-0.05, 0) is 86.1 Å². The van der Waals surface area contributed by atoms with E-state index in [1.54, 1.807) is 12.4 Å². The molecule has 0 atom stereocenters. The van der Waals surface area contributed by atoms with Crippen LogP contribution in [0, 0.1) is 17.8 Å². The first-order valence-electron chi connectivity index (χ1n) is 12.0. The van der Waals surface area contributed by atoms with E-state index in [0.717, 1.165) is 48.1 Å². The van der Waals surface area contributed by atoms with Crippen molar-refractivity contribution < 1.29 is 9.21 Å². The molecule has 4 fully saturated rings. The van der Waals surface area contributed by atoms with Crippen LogP contribution in [0.1, 0.15) is 44.1 Å². The minimum Gasteiger partial charge on any atom is -0.411 e. The number of thioether (sulfide) groups is 1. The zero-order valence-electron chi connectivity index (χ0n) is 18.9. The Hall–Kier alpha value is -2.38. The van der Waals surface area contributed by atoms with Crippen LogP contribution in [0.2, 0.25) is 5.02 Å². The van der Waals surface area contributed by atoms with Crippen molar-refractivity contribution in [1.82, 2.24) is 20.1 Å². The Morgan fingerprint density at radius 3 is 2.29 bits per heavy atom. The van der Waals surface area contributed by atoms with Crippen LogP contribution in [-0.2, 0) is 11.3 Å². The predicted molar refractivity (Wildman–Crippen MR) is 131 cm³/mol. The number of carbonyl (C=O) groups is 1. The molecule has 4 saturated carbocycles. The van der Waals surface area contributed by atoms with Crippen molar-refractivity contribution >= 4 is 29.3 Å². The van der Waals surface area contributed by atoms with Crippen LogP contribution in [0.3, 0.4) is 0 Å². The van der Waals surface area contributed by atoms with Crippen molar-refractivity contribution in [2.24, 2.45) is 17.8 Å². The number of amides is 1. The third kappa shape index (κ3) is 4.36. The maximum Gasteiger partial charge on any atom is 0.277 e. The SMILES string of the molecule is O=C(CSc1nnc(-c2ccncc2)o1)N(Cc1ccc(Cl)cc1)C12CC3CC(CC(C3)C1)C2. The van der Waals surface area contributed by atoms with E-state index in [4.69, 9.17) is 16.0 Å². The molecular weight excluding hydrogens is 468 g/mol. The van der Waals surface area contributed by atoms with Crippen LogP contribution < -0.4 is 0 Å². The normalized spacial score (nSPS) is 27.1. The quantitative estimate of drug-likeness (QED) is 0.382. The molecule has 0 unspecified atom stereocenters. The van der Waals surface area contributed by atoms with Crippen molar-refractivity contribution in [3.63, 3.8) is 0 Å². The number of hydrogen-bond acceptors (Lipinski definition) is 6. The Balaban J connectivity index is 1.21. The van der Waals surface area contributed by atoms with E-state index in [1.165, 1.54) is 31.0 Å². The zero-order chi connectivity index (χ0) is 23.1. The van der Waals surface area contributed by atoms with Gasteiger partial charge in [0.15, 0.2) is 0 Å². The summed E-state index contributed by atoms with van der Waals surface area (Å²) in [6.07, 6.45) is 10.8. The second kappa shape index (κ2) is 9.00. The number of nitrogens with zero attached hydrogens (tertiary/aromatic N) is 4. The number of benzene rings is 1. The highest BCUT2D eigenvalue weighted by atomic mass is 35.5. The van der Waals surface area contributed by atoms with Crippen molar-refractivity contribution in [2.45, 2.75) is 55.8 Å². The van der Waals surface area contributed by atoms with Crippen LogP contribution in [0.15, 0.2) is 58.4 Å². The van der Waals surface area contributed by atoms with Crippen molar-refractivity contribution in [3.05, 3.63) is 59.4 Å². The number of rotatable bonds is 7. The van der Waals surface area contributed by atoms with Crippen LogP contribution in [0.25, 0.3) is 11.5 Å². The number of aromatic nitrogens is 3. The highest BCUT2D eigenvalue weighted by Gasteiger charge is 2.54. The summed E-state index contributed by atoms with van der Waals surface area (Å²) in [5.41, 5.74) is 1.91. The molecule has 4 bridgehead atoms. The number of carbonyl (C=O) groups excluding carboxylic acids is 1. The Morgan fingerprint density at radius 2 is 1.65 bits per heavy atom. The third-order valence-electron chi connectivity index (χ3n) is 7.79. The summed E-state index contributed by atoms with van der Waals surface area (Å²) in [4.78, 5) is 20.0. The van der Waals surface area contributed by atoms with E-state index < -0.39 is 0 Å². The molecule has 34 heavy (non-hydrogen) atoms. The van der Waals surface area contributed by atoms with Gasteiger partial charge in [-0.1, -0.05) is 35.5 Å². The maximum atomic E-state index is 13.8. The van der Waals surface area contributed by atoms with E-state index >= 15 is 0 Å². The average molecular weight is 495 g/mol. The molecule has 176 valence electrons. The minimum atomic E-state index is -0.0247. The standard InChI is InChI=1S/C26H27ClN4O2S/c27-22-3-1-17(2-4-22)15-31(26-12-18-9-19(13-26)11-20(10-18)14-26)23(32)16-34-25-30-29-24(33-25)21-5-7-28-8-6-21/h1-8,18-20H,9-16H2. The predicted octanol–water partition coefficient (Wildman–Crippen LogP) is 5.87. The molecule has 2 heterocycles. The first kappa shape index (κ1) is 22.1. The molecule has 0 saturated heterocycles. The molecule has 0 aliphatic heterocycles. The number of pyridine rings is 1. The molecule has 4 aliphatic rings. The van der Waals surface area contributed by atoms with E-state index in [1.807, 2.05) is 36.4 Å². The lowest BCUT2D eigenvalue weighted by molar-refractivity contribution is -0.149. The summed E-state index contributed by atoms with van der Waals surface area (Å²) in [5.74, 6) is 3.16. The van der Waals surface area contributed by atoms with Gasteiger partial charge in [0.05, 0.1) is 5.75 Å². The Kier molecular flexibility index (Phi) is 5.86. The molecule has 1 aromatic carbocycles. The van der Waals surface area contributed by atoms with Gasteiger partial charge in [0, 0.05) is 35.1 Å². The summed E-state index contributed by atoms with van der Waals surface area (Å²) < 4.78 is 5.81. The van der Waals surface area contributed by atoms with E-state index in [9.17, 15) is 4.79 Å². The van der Waals surface area contributed by atoms with Gasteiger partial charge in [-0.3, -0.25) is 9.78 Å². The van der Waals surface area contributed by atoms with Crippen LogP contribution >= 0.6 is 23.4 Å². The van der Waals surface area contributed by atoms with Gasteiger partial charge in [0.1, 0.15) is 0 Å². The topological polar surface area (TPSA) is 72.1 Å². The fraction of sp³-hybridized carbons (Fsp3) is 0.462. The average Bonchev–Trinajstić information content (AvgIpc) is 3.31. The molecule has 7 rings (SSSR count). The Bertz CT molecular complexity index is 1130. The highest BCUT2D eigenvalue weighted by Crippen LogP contribution is 2.58. The smallest absolute Gasteiger partial charge is 0.277 e. The van der Waals surface area contributed by atoms with E-state index in [-0.39, 0.29) is 17.2 Å². The Morgan fingerprint density at radius 1 is 1.00 bits per heavy atom. The van der Waals surface area contributed by atoms with Gasteiger partial charge in [-0.2, -0.15) is 0 Å². The van der Waals surface area contributed by atoms with Crippen LogP contribution in [0.4, 0.5) is 0 Å². The first-order chi connectivity index (χ1) is 16.6. The molecule has 2 aromatic heterocycles. The molecule has 0 N–H and O–H groups in total. The monoisotopic (exact) mass is 494 g/mol. The van der Waals surface area contributed by atoms with Gasteiger partial charge < -0.3 is 9.32 Å². The van der Waals surface area contributed by atoms with Gasteiger partial charge in [-0.25, -0.2) is 0 Å². The maximum absolute atomic E-state index is 13.8. The molecular formula is C26H27ClN4O2S. The third-order valence-corrected chi connectivity index (χ3v) is 8.84. The van der Waals surface area contributed by atoms with Crippen molar-refractivity contribution in [2.75, 3.05) is 5.75 Å². The second-order valence-corrected chi connectivity index (χ2v) is 11.5. The first-order valence-corrected chi connectivity index (χ1v) is 13.3. The number of hydrogen-bond donors (Lipinski definition) is 0. The number of halogens is 1. The largest absolute Gasteiger partial charge is 0.411 e. The molecule has 4 aliphatic carbocycles. The molecule has 0 radical (unpaired) electrons. The Labute approximate surface area is 208 Å². The fourth-order valence-electron chi connectivity index (χ4n) is 6.77.